The molecule has 0 radical (unpaired) electrons. The number of carbonyl (C=O) groups excluding carboxylic acids is 1. The molecule has 6 heteroatoms. The zero-order chi connectivity index (χ0) is 19.0. The van der Waals surface area contributed by atoms with Gasteiger partial charge in [0.25, 0.3) is 5.91 Å². The normalized spacial score (nSPS) is 10.8. The van der Waals surface area contributed by atoms with Gasteiger partial charge in [-0.2, -0.15) is 0 Å². The zero-order valence-corrected chi connectivity index (χ0v) is 15.7. The van der Waals surface area contributed by atoms with Gasteiger partial charge >= 0.3 is 5.97 Å². The van der Waals surface area contributed by atoms with Crippen molar-refractivity contribution in [2.24, 2.45) is 5.92 Å². The second kappa shape index (κ2) is 9.91. The molecule has 1 amide bonds. The van der Waals surface area contributed by atoms with Crippen molar-refractivity contribution >= 4 is 11.9 Å². The first kappa shape index (κ1) is 20.8. The van der Waals surface area contributed by atoms with Crippen molar-refractivity contribution < 1.29 is 24.2 Å². The van der Waals surface area contributed by atoms with E-state index in [4.69, 9.17) is 14.6 Å². The van der Waals surface area contributed by atoms with E-state index in [1.807, 2.05) is 13.8 Å². The van der Waals surface area contributed by atoms with Crippen LogP contribution in [-0.4, -0.2) is 48.2 Å². The van der Waals surface area contributed by atoms with E-state index in [9.17, 15) is 9.59 Å². The zero-order valence-electron chi connectivity index (χ0n) is 15.7. The highest BCUT2D eigenvalue weighted by molar-refractivity contribution is 5.95. The second-order valence-corrected chi connectivity index (χ2v) is 6.63. The Bertz CT molecular complexity index is 583. The van der Waals surface area contributed by atoms with Crippen LogP contribution < -0.4 is 9.47 Å². The molecule has 1 rings (SSSR count). The Kier molecular flexibility index (Phi) is 8.25. The van der Waals surface area contributed by atoms with Crippen LogP contribution in [0.15, 0.2) is 18.2 Å². The van der Waals surface area contributed by atoms with E-state index in [2.05, 4.69) is 13.8 Å². The molecular formula is C19H29NO5. The van der Waals surface area contributed by atoms with E-state index in [0.29, 0.717) is 29.6 Å². The largest absolute Gasteiger partial charge is 0.493 e. The molecular weight excluding hydrogens is 322 g/mol. The number of benzene rings is 1. The van der Waals surface area contributed by atoms with E-state index in [1.165, 1.54) is 7.11 Å². The molecule has 25 heavy (non-hydrogen) atoms. The van der Waals surface area contributed by atoms with Crippen LogP contribution in [0.4, 0.5) is 0 Å². The van der Waals surface area contributed by atoms with Crippen molar-refractivity contribution in [3.8, 4) is 11.5 Å². The maximum Gasteiger partial charge on any atom is 0.305 e. The van der Waals surface area contributed by atoms with Gasteiger partial charge in [0.05, 0.1) is 20.1 Å². The van der Waals surface area contributed by atoms with Gasteiger partial charge in [0.15, 0.2) is 11.5 Å². The number of ether oxygens (including phenoxy) is 2. The van der Waals surface area contributed by atoms with Gasteiger partial charge in [0.1, 0.15) is 0 Å². The number of hydrogen-bond acceptors (Lipinski definition) is 4. The van der Waals surface area contributed by atoms with E-state index >= 15 is 0 Å². The number of carboxylic acid groups (broad SMARTS) is 1. The summed E-state index contributed by atoms with van der Waals surface area (Å²) >= 11 is 0. The number of carbonyl (C=O) groups is 2. The number of carboxylic acids is 1. The molecule has 1 aromatic carbocycles. The lowest BCUT2D eigenvalue weighted by atomic mass is 10.1. The fourth-order valence-electron chi connectivity index (χ4n) is 2.30. The van der Waals surface area contributed by atoms with E-state index in [0.717, 1.165) is 6.42 Å². The number of methoxy groups -OCH3 is 1. The Morgan fingerprint density at radius 2 is 1.84 bits per heavy atom. The third-order valence-electron chi connectivity index (χ3n) is 3.81. The summed E-state index contributed by atoms with van der Waals surface area (Å²) in [6, 6.07) is 4.96. The topological polar surface area (TPSA) is 76.1 Å². The van der Waals surface area contributed by atoms with Crippen molar-refractivity contribution in [2.45, 2.75) is 46.6 Å². The third kappa shape index (κ3) is 6.64. The Morgan fingerprint density at radius 3 is 2.36 bits per heavy atom. The van der Waals surface area contributed by atoms with Crippen molar-refractivity contribution in [1.29, 1.82) is 0 Å². The highest BCUT2D eigenvalue weighted by Gasteiger charge is 2.21. The SMILES string of the molecule is COc1cc(C(=O)N(CCC(=O)O)C(C)C)ccc1OCCC(C)C. The van der Waals surface area contributed by atoms with Crippen molar-refractivity contribution in [3.05, 3.63) is 23.8 Å². The first-order chi connectivity index (χ1) is 11.8. The van der Waals surface area contributed by atoms with Crippen LogP contribution in [-0.2, 0) is 4.79 Å². The quantitative estimate of drug-likeness (QED) is 0.699. The predicted molar refractivity (Wildman–Crippen MR) is 96.4 cm³/mol. The molecule has 0 bridgehead atoms. The fraction of sp³-hybridized carbons (Fsp3) is 0.579. The second-order valence-electron chi connectivity index (χ2n) is 6.63. The molecule has 0 aliphatic heterocycles. The third-order valence-corrected chi connectivity index (χ3v) is 3.81. The summed E-state index contributed by atoms with van der Waals surface area (Å²) in [4.78, 5) is 25.1. The van der Waals surface area contributed by atoms with Crippen molar-refractivity contribution in [3.63, 3.8) is 0 Å². The summed E-state index contributed by atoms with van der Waals surface area (Å²) in [7, 11) is 1.53. The Morgan fingerprint density at radius 1 is 1.16 bits per heavy atom. The van der Waals surface area contributed by atoms with Crippen LogP contribution in [0.3, 0.4) is 0 Å². The summed E-state index contributed by atoms with van der Waals surface area (Å²) in [6.07, 6.45) is 0.845. The first-order valence-corrected chi connectivity index (χ1v) is 8.59. The molecule has 0 spiro atoms. The van der Waals surface area contributed by atoms with Crippen LogP contribution in [0.25, 0.3) is 0 Å². The maximum absolute atomic E-state index is 12.7. The summed E-state index contributed by atoms with van der Waals surface area (Å²) in [5.74, 6) is 0.492. The molecule has 140 valence electrons. The minimum Gasteiger partial charge on any atom is -0.493 e. The van der Waals surface area contributed by atoms with Crippen LogP contribution in [0.5, 0.6) is 11.5 Å². The molecule has 0 aliphatic rings. The van der Waals surface area contributed by atoms with E-state index in [-0.39, 0.29) is 24.9 Å². The van der Waals surface area contributed by atoms with Crippen LogP contribution in [0, 0.1) is 5.92 Å². The summed E-state index contributed by atoms with van der Waals surface area (Å²) in [5, 5.41) is 8.86. The van der Waals surface area contributed by atoms with Crippen LogP contribution in [0.2, 0.25) is 0 Å². The first-order valence-electron chi connectivity index (χ1n) is 8.59. The fourth-order valence-corrected chi connectivity index (χ4v) is 2.30. The smallest absolute Gasteiger partial charge is 0.305 e. The molecule has 1 aromatic rings. The molecule has 6 nitrogen and oxygen atoms in total. The number of nitrogens with zero attached hydrogens (tertiary/aromatic N) is 1. The van der Waals surface area contributed by atoms with Gasteiger partial charge in [-0.05, 0) is 44.4 Å². The molecule has 0 unspecified atom stereocenters. The molecule has 0 aromatic heterocycles. The number of amides is 1. The summed E-state index contributed by atoms with van der Waals surface area (Å²) in [6.45, 7) is 8.72. The molecule has 0 aliphatic carbocycles. The average Bonchev–Trinajstić information content (AvgIpc) is 2.54. The van der Waals surface area contributed by atoms with Gasteiger partial charge in [0, 0.05) is 18.2 Å². The highest BCUT2D eigenvalue weighted by Crippen LogP contribution is 2.29. The average molecular weight is 351 g/mol. The molecule has 0 heterocycles. The van der Waals surface area contributed by atoms with Crippen molar-refractivity contribution in [1.82, 2.24) is 4.90 Å². The molecule has 0 atom stereocenters. The Hall–Kier alpha value is -2.24. The minimum absolute atomic E-state index is 0.0859. The maximum atomic E-state index is 12.7. The lowest BCUT2D eigenvalue weighted by Crippen LogP contribution is -2.38. The Balaban J connectivity index is 2.92. The van der Waals surface area contributed by atoms with Crippen LogP contribution >= 0.6 is 0 Å². The lowest BCUT2D eigenvalue weighted by molar-refractivity contribution is -0.137. The minimum atomic E-state index is -0.926. The Labute approximate surface area is 149 Å². The summed E-state index contributed by atoms with van der Waals surface area (Å²) < 4.78 is 11.1. The number of rotatable bonds is 10. The predicted octanol–water partition coefficient (Wildman–Crippen LogP) is 3.45. The van der Waals surface area contributed by atoms with E-state index < -0.39 is 5.97 Å². The van der Waals surface area contributed by atoms with Gasteiger partial charge < -0.3 is 19.5 Å². The highest BCUT2D eigenvalue weighted by atomic mass is 16.5. The number of aliphatic carboxylic acids is 1. The van der Waals surface area contributed by atoms with Gasteiger partial charge in [-0.15, -0.1) is 0 Å². The number of hydrogen-bond donors (Lipinski definition) is 1. The molecule has 1 N–H and O–H groups in total. The van der Waals surface area contributed by atoms with Gasteiger partial charge in [0.2, 0.25) is 0 Å². The van der Waals surface area contributed by atoms with Gasteiger partial charge in [-0.3, -0.25) is 9.59 Å². The van der Waals surface area contributed by atoms with Gasteiger partial charge in [-0.25, -0.2) is 0 Å². The lowest BCUT2D eigenvalue weighted by Gasteiger charge is -2.26. The monoisotopic (exact) mass is 351 g/mol. The van der Waals surface area contributed by atoms with Crippen molar-refractivity contribution in [2.75, 3.05) is 20.3 Å². The van der Waals surface area contributed by atoms with Crippen LogP contribution in [0.1, 0.15) is 50.9 Å². The molecule has 0 saturated heterocycles. The van der Waals surface area contributed by atoms with Gasteiger partial charge in [-0.1, -0.05) is 13.8 Å². The molecule has 0 fully saturated rings. The summed E-state index contributed by atoms with van der Waals surface area (Å²) in [5.41, 5.74) is 0.451. The van der Waals surface area contributed by atoms with E-state index in [1.54, 1.807) is 23.1 Å². The molecule has 0 saturated carbocycles. The standard InChI is InChI=1S/C19H29NO5/c1-13(2)9-11-25-16-7-6-15(12-17(16)24-5)19(23)20(14(3)4)10-8-18(21)22/h6-7,12-14H,8-11H2,1-5H3,(H,21,22).